The van der Waals surface area contributed by atoms with Crippen LogP contribution in [-0.2, 0) is 0 Å². The van der Waals surface area contributed by atoms with Gasteiger partial charge in [0.25, 0.3) is 0 Å². The highest BCUT2D eigenvalue weighted by atomic mass is 19.1. The number of benzene rings is 1. The van der Waals surface area contributed by atoms with Crippen LogP contribution in [0.3, 0.4) is 0 Å². The van der Waals surface area contributed by atoms with E-state index in [9.17, 15) is 13.6 Å². The van der Waals surface area contributed by atoms with Crippen LogP contribution < -0.4 is 4.74 Å². The van der Waals surface area contributed by atoms with Crippen LogP contribution in [0.4, 0.5) is 8.78 Å². The van der Waals surface area contributed by atoms with Gasteiger partial charge < -0.3 is 4.74 Å². The second kappa shape index (κ2) is 3.51. The highest BCUT2D eigenvalue weighted by Crippen LogP contribution is 2.21. The highest BCUT2D eigenvalue weighted by Gasteiger charge is 2.12. The monoisotopic (exact) mass is 186 g/mol. The van der Waals surface area contributed by atoms with Crippen molar-refractivity contribution in [1.82, 2.24) is 0 Å². The Morgan fingerprint density at radius 2 is 1.92 bits per heavy atom. The van der Waals surface area contributed by atoms with E-state index in [0.29, 0.717) is 6.07 Å². The van der Waals surface area contributed by atoms with E-state index in [0.717, 1.165) is 6.07 Å². The number of halogens is 2. The quantitative estimate of drug-likeness (QED) is 0.661. The number of carbonyl (C=O) groups is 1. The normalized spacial score (nSPS) is 9.85. The summed E-state index contributed by atoms with van der Waals surface area (Å²) in [5.41, 5.74) is -0.168. The van der Waals surface area contributed by atoms with Gasteiger partial charge >= 0.3 is 0 Å². The predicted octanol–water partition coefficient (Wildman–Crippen LogP) is 2.18. The largest absolute Gasteiger partial charge is 0.494 e. The van der Waals surface area contributed by atoms with E-state index in [1.54, 1.807) is 0 Å². The molecule has 4 heteroatoms. The Bertz CT molecular complexity index is 348. The molecule has 0 aliphatic rings. The van der Waals surface area contributed by atoms with E-state index in [1.807, 2.05) is 0 Å². The van der Waals surface area contributed by atoms with E-state index in [1.165, 1.54) is 14.0 Å². The van der Waals surface area contributed by atoms with Crippen molar-refractivity contribution in [2.45, 2.75) is 6.92 Å². The topological polar surface area (TPSA) is 26.3 Å². The number of methoxy groups -OCH3 is 1. The third-order valence-corrected chi connectivity index (χ3v) is 1.62. The van der Waals surface area contributed by atoms with Gasteiger partial charge in [0.05, 0.1) is 12.7 Å². The second-order valence-corrected chi connectivity index (χ2v) is 2.52. The molecule has 0 heterocycles. The van der Waals surface area contributed by atoms with Gasteiger partial charge in [-0.3, -0.25) is 4.79 Å². The van der Waals surface area contributed by atoms with Crippen molar-refractivity contribution in [3.63, 3.8) is 0 Å². The van der Waals surface area contributed by atoms with Gasteiger partial charge in [-0.25, -0.2) is 8.78 Å². The summed E-state index contributed by atoms with van der Waals surface area (Å²) in [4.78, 5) is 10.8. The lowest BCUT2D eigenvalue weighted by Gasteiger charge is -2.04. The van der Waals surface area contributed by atoms with Gasteiger partial charge in [0.1, 0.15) is 5.82 Å². The fraction of sp³-hybridized carbons (Fsp3) is 0.222. The number of hydrogen-bond acceptors (Lipinski definition) is 2. The third kappa shape index (κ3) is 1.83. The van der Waals surface area contributed by atoms with E-state index in [4.69, 9.17) is 0 Å². The first kappa shape index (κ1) is 9.64. The maximum absolute atomic E-state index is 12.9. The van der Waals surface area contributed by atoms with Gasteiger partial charge in [0, 0.05) is 6.07 Å². The Kier molecular flexibility index (Phi) is 2.60. The lowest BCUT2D eigenvalue weighted by atomic mass is 10.1. The summed E-state index contributed by atoms with van der Waals surface area (Å²) < 4.78 is 30.3. The van der Waals surface area contributed by atoms with E-state index in [-0.39, 0.29) is 11.3 Å². The molecule has 0 aliphatic carbocycles. The number of rotatable bonds is 2. The summed E-state index contributed by atoms with van der Waals surface area (Å²) in [6.45, 7) is 1.20. The molecule has 1 rings (SSSR count). The van der Waals surface area contributed by atoms with Gasteiger partial charge in [-0.2, -0.15) is 0 Å². The summed E-state index contributed by atoms with van der Waals surface area (Å²) in [6.07, 6.45) is 0. The molecular weight excluding hydrogens is 178 g/mol. The van der Waals surface area contributed by atoms with Crippen molar-refractivity contribution in [3.8, 4) is 5.75 Å². The Labute approximate surface area is 74.1 Å². The molecule has 0 N–H and O–H groups in total. The van der Waals surface area contributed by atoms with Crippen LogP contribution in [0.25, 0.3) is 0 Å². The molecule has 0 aromatic heterocycles. The summed E-state index contributed by atoms with van der Waals surface area (Å²) in [7, 11) is 1.25. The Balaban J connectivity index is 3.30. The van der Waals surface area contributed by atoms with Gasteiger partial charge in [-0.05, 0) is 13.0 Å². The third-order valence-electron chi connectivity index (χ3n) is 1.62. The van der Waals surface area contributed by atoms with Crippen LogP contribution in [0, 0.1) is 11.6 Å². The molecule has 1 aromatic carbocycles. The molecular formula is C9H8F2O2. The lowest BCUT2D eigenvalue weighted by molar-refractivity contribution is 0.101. The summed E-state index contributed by atoms with van der Waals surface area (Å²) in [5, 5.41) is 0. The molecule has 13 heavy (non-hydrogen) atoms. The number of Topliss-reactive ketones (excluding diaryl/α,β-unsaturated/α-hetero) is 1. The van der Waals surface area contributed by atoms with E-state index < -0.39 is 17.4 Å². The maximum Gasteiger partial charge on any atom is 0.168 e. The molecule has 1 aromatic rings. The van der Waals surface area contributed by atoms with E-state index in [2.05, 4.69) is 4.74 Å². The molecule has 0 aliphatic heterocycles. The summed E-state index contributed by atoms with van der Waals surface area (Å²) >= 11 is 0. The zero-order valence-electron chi connectivity index (χ0n) is 7.23. The maximum atomic E-state index is 12.9. The first-order chi connectivity index (χ1) is 6.06. The minimum absolute atomic E-state index is 0.133. The van der Waals surface area contributed by atoms with Crippen molar-refractivity contribution in [3.05, 3.63) is 29.3 Å². The fourth-order valence-electron chi connectivity index (χ4n) is 0.955. The minimum Gasteiger partial charge on any atom is -0.494 e. The average Bonchev–Trinajstić information content (AvgIpc) is 2.03. The summed E-state index contributed by atoms with van der Waals surface area (Å²) in [6, 6.07) is 1.68. The molecule has 70 valence electrons. The fourth-order valence-corrected chi connectivity index (χ4v) is 0.955. The second-order valence-electron chi connectivity index (χ2n) is 2.52. The molecule has 0 atom stereocenters. The van der Waals surface area contributed by atoms with Crippen molar-refractivity contribution in [2.24, 2.45) is 0 Å². The number of carbonyl (C=O) groups excluding carboxylic acids is 1. The number of ketones is 1. The van der Waals surface area contributed by atoms with Crippen molar-refractivity contribution >= 4 is 5.78 Å². The summed E-state index contributed by atoms with van der Waals surface area (Å²) in [5.74, 6) is -2.28. The average molecular weight is 186 g/mol. The molecule has 0 amide bonds. The predicted molar refractivity (Wildman–Crippen MR) is 42.9 cm³/mol. The smallest absolute Gasteiger partial charge is 0.168 e. The number of hydrogen-bond donors (Lipinski definition) is 0. The van der Waals surface area contributed by atoms with Crippen LogP contribution in [0.5, 0.6) is 5.75 Å². The van der Waals surface area contributed by atoms with Crippen molar-refractivity contribution in [2.75, 3.05) is 7.11 Å². The van der Waals surface area contributed by atoms with Crippen molar-refractivity contribution in [1.29, 1.82) is 0 Å². The molecule has 0 fully saturated rings. The van der Waals surface area contributed by atoms with Crippen LogP contribution in [-0.4, -0.2) is 12.9 Å². The van der Waals surface area contributed by atoms with Gasteiger partial charge in [0.2, 0.25) is 0 Å². The van der Waals surface area contributed by atoms with Crippen LogP contribution in [0.15, 0.2) is 12.1 Å². The first-order valence-corrected chi connectivity index (χ1v) is 3.60. The molecule has 0 radical (unpaired) electrons. The molecule has 0 unspecified atom stereocenters. The Morgan fingerprint density at radius 3 is 2.38 bits per heavy atom. The standard InChI is InChI=1S/C9H8F2O2/c1-5(12)6-3-9(13-2)8(11)4-7(6)10/h3-4H,1-2H3. The zero-order valence-corrected chi connectivity index (χ0v) is 7.23. The molecule has 0 saturated heterocycles. The van der Waals surface area contributed by atoms with Gasteiger partial charge in [-0.15, -0.1) is 0 Å². The minimum atomic E-state index is -0.870. The van der Waals surface area contributed by atoms with Crippen LogP contribution in [0.2, 0.25) is 0 Å². The zero-order chi connectivity index (χ0) is 10.0. The highest BCUT2D eigenvalue weighted by molar-refractivity contribution is 5.94. The van der Waals surface area contributed by atoms with Crippen LogP contribution in [0.1, 0.15) is 17.3 Å². The lowest BCUT2D eigenvalue weighted by Crippen LogP contribution is -2.00. The molecule has 0 spiro atoms. The van der Waals surface area contributed by atoms with Crippen molar-refractivity contribution < 1.29 is 18.3 Å². The molecule has 0 bridgehead atoms. The van der Waals surface area contributed by atoms with Gasteiger partial charge in [0.15, 0.2) is 17.3 Å². The Morgan fingerprint density at radius 1 is 1.31 bits per heavy atom. The first-order valence-electron chi connectivity index (χ1n) is 3.60. The van der Waals surface area contributed by atoms with Crippen LogP contribution >= 0.6 is 0 Å². The van der Waals surface area contributed by atoms with E-state index >= 15 is 0 Å². The SMILES string of the molecule is COc1cc(C(C)=O)c(F)cc1F. The molecule has 2 nitrogen and oxygen atoms in total. The number of ether oxygens (including phenoxy) is 1. The Hall–Kier alpha value is -1.45. The molecule has 0 saturated carbocycles. The van der Waals surface area contributed by atoms with Gasteiger partial charge in [-0.1, -0.05) is 0 Å².